The van der Waals surface area contributed by atoms with Crippen LogP contribution >= 0.6 is 0 Å². The number of rotatable bonds is 3. The minimum atomic E-state index is 0.953. The molecular formula is C18H20N2. The summed E-state index contributed by atoms with van der Waals surface area (Å²) in [6.45, 7) is 3.11. The highest BCUT2D eigenvalue weighted by Crippen LogP contribution is 2.34. The fraction of sp³-hybridized carbons (Fsp3) is 0.222. The van der Waals surface area contributed by atoms with Gasteiger partial charge < -0.3 is 9.88 Å². The van der Waals surface area contributed by atoms with Gasteiger partial charge in [0, 0.05) is 28.7 Å². The molecule has 1 N–H and O–H groups in total. The van der Waals surface area contributed by atoms with Crippen molar-refractivity contribution >= 4 is 10.9 Å². The summed E-state index contributed by atoms with van der Waals surface area (Å²) >= 11 is 0. The number of aryl methyl sites for hydroxylation is 1. The molecule has 0 saturated carbocycles. The molecule has 2 aromatic carbocycles. The molecule has 0 aliphatic heterocycles. The zero-order chi connectivity index (χ0) is 14.1. The lowest BCUT2D eigenvalue weighted by Gasteiger charge is -2.14. The number of nitrogens with one attached hydrogen (secondary N) is 1. The molecule has 0 fully saturated rings. The van der Waals surface area contributed by atoms with Crippen LogP contribution in [0.5, 0.6) is 0 Å². The van der Waals surface area contributed by atoms with Gasteiger partial charge in [0.05, 0.1) is 0 Å². The number of nitrogens with zero attached hydrogens (tertiary/aromatic N) is 1. The molecule has 0 aliphatic carbocycles. The Morgan fingerprint density at radius 3 is 2.45 bits per heavy atom. The van der Waals surface area contributed by atoms with Gasteiger partial charge in [0.15, 0.2) is 0 Å². The van der Waals surface area contributed by atoms with E-state index in [1.54, 1.807) is 0 Å². The van der Waals surface area contributed by atoms with Gasteiger partial charge in [-0.3, -0.25) is 0 Å². The minimum absolute atomic E-state index is 0.953. The van der Waals surface area contributed by atoms with Gasteiger partial charge in [0.25, 0.3) is 0 Å². The molecule has 2 nitrogen and oxygen atoms in total. The molecule has 0 spiro atoms. The summed E-state index contributed by atoms with van der Waals surface area (Å²) in [4.78, 5) is 5.70. The van der Waals surface area contributed by atoms with Crippen LogP contribution in [0.15, 0.2) is 48.5 Å². The van der Waals surface area contributed by atoms with Crippen molar-refractivity contribution in [2.24, 2.45) is 0 Å². The number of aromatic amines is 1. The van der Waals surface area contributed by atoms with E-state index in [0.717, 1.165) is 6.54 Å². The van der Waals surface area contributed by atoms with Crippen molar-refractivity contribution in [2.45, 2.75) is 13.5 Å². The SMILES string of the molecule is Cc1[nH]c2ccccc2c1-c1ccccc1CN(C)C. The Bertz CT molecular complexity index is 738. The maximum atomic E-state index is 3.49. The van der Waals surface area contributed by atoms with Crippen molar-refractivity contribution in [3.63, 3.8) is 0 Å². The van der Waals surface area contributed by atoms with Gasteiger partial charge >= 0.3 is 0 Å². The molecule has 0 atom stereocenters. The number of H-pyrrole nitrogens is 1. The standard InChI is InChI=1S/C18H20N2/c1-13-18(16-10-6-7-11-17(16)19-13)15-9-5-4-8-14(15)12-20(2)3/h4-11,19H,12H2,1-3H3. The molecule has 0 saturated heterocycles. The molecule has 20 heavy (non-hydrogen) atoms. The number of para-hydroxylation sites is 1. The summed E-state index contributed by atoms with van der Waals surface area (Å²) in [5, 5.41) is 1.30. The van der Waals surface area contributed by atoms with E-state index in [2.05, 4.69) is 79.4 Å². The Morgan fingerprint density at radius 1 is 0.950 bits per heavy atom. The second kappa shape index (κ2) is 5.14. The number of hydrogen-bond acceptors (Lipinski definition) is 1. The van der Waals surface area contributed by atoms with Crippen LogP contribution in [0.25, 0.3) is 22.0 Å². The Labute approximate surface area is 120 Å². The van der Waals surface area contributed by atoms with Gasteiger partial charge in [-0.25, -0.2) is 0 Å². The van der Waals surface area contributed by atoms with Crippen LogP contribution in [0.1, 0.15) is 11.3 Å². The maximum absolute atomic E-state index is 3.49. The van der Waals surface area contributed by atoms with Crippen molar-refractivity contribution < 1.29 is 0 Å². The largest absolute Gasteiger partial charge is 0.358 e. The van der Waals surface area contributed by atoms with E-state index in [0.29, 0.717) is 0 Å². The molecule has 1 heterocycles. The van der Waals surface area contributed by atoms with E-state index in [1.165, 1.54) is 33.3 Å². The Morgan fingerprint density at radius 2 is 1.65 bits per heavy atom. The minimum Gasteiger partial charge on any atom is -0.358 e. The Hall–Kier alpha value is -2.06. The number of aromatic nitrogens is 1. The second-order valence-corrected chi connectivity index (χ2v) is 5.57. The van der Waals surface area contributed by atoms with Gasteiger partial charge in [-0.2, -0.15) is 0 Å². The van der Waals surface area contributed by atoms with Crippen molar-refractivity contribution in [3.8, 4) is 11.1 Å². The molecule has 0 unspecified atom stereocenters. The summed E-state index contributed by atoms with van der Waals surface area (Å²) < 4.78 is 0. The molecule has 2 heteroatoms. The summed E-state index contributed by atoms with van der Waals surface area (Å²) in [5.74, 6) is 0. The van der Waals surface area contributed by atoms with Crippen molar-refractivity contribution in [1.29, 1.82) is 0 Å². The smallest absolute Gasteiger partial charge is 0.0462 e. The fourth-order valence-corrected chi connectivity index (χ4v) is 2.87. The van der Waals surface area contributed by atoms with E-state index in [4.69, 9.17) is 0 Å². The first kappa shape index (κ1) is 12.9. The van der Waals surface area contributed by atoms with E-state index in [-0.39, 0.29) is 0 Å². The van der Waals surface area contributed by atoms with Crippen LogP contribution in [-0.2, 0) is 6.54 Å². The summed E-state index contributed by atoms with van der Waals surface area (Å²) in [6.07, 6.45) is 0. The molecule has 0 aliphatic rings. The van der Waals surface area contributed by atoms with E-state index < -0.39 is 0 Å². The quantitative estimate of drug-likeness (QED) is 0.751. The third-order valence-corrected chi connectivity index (χ3v) is 3.67. The Kier molecular flexibility index (Phi) is 3.33. The summed E-state index contributed by atoms with van der Waals surface area (Å²) in [7, 11) is 4.22. The molecular weight excluding hydrogens is 244 g/mol. The van der Waals surface area contributed by atoms with E-state index in [1.807, 2.05) is 0 Å². The highest BCUT2D eigenvalue weighted by molar-refractivity contribution is 5.98. The van der Waals surface area contributed by atoms with Crippen molar-refractivity contribution in [2.75, 3.05) is 14.1 Å². The first-order chi connectivity index (χ1) is 9.66. The van der Waals surface area contributed by atoms with Crippen LogP contribution < -0.4 is 0 Å². The zero-order valence-corrected chi connectivity index (χ0v) is 12.3. The highest BCUT2D eigenvalue weighted by atomic mass is 15.0. The average Bonchev–Trinajstić information content (AvgIpc) is 2.75. The topological polar surface area (TPSA) is 19.0 Å². The lowest BCUT2D eigenvalue weighted by molar-refractivity contribution is 0.403. The van der Waals surface area contributed by atoms with E-state index in [9.17, 15) is 0 Å². The van der Waals surface area contributed by atoms with Gasteiger partial charge in [-0.15, -0.1) is 0 Å². The molecule has 3 aromatic rings. The first-order valence-corrected chi connectivity index (χ1v) is 6.97. The van der Waals surface area contributed by atoms with Crippen LogP contribution in [0.2, 0.25) is 0 Å². The fourth-order valence-electron chi connectivity index (χ4n) is 2.87. The number of hydrogen-bond donors (Lipinski definition) is 1. The Balaban J connectivity index is 2.23. The van der Waals surface area contributed by atoms with Crippen LogP contribution in [-0.4, -0.2) is 24.0 Å². The third kappa shape index (κ3) is 2.23. The number of fused-ring (bicyclic) bond motifs is 1. The normalized spacial score (nSPS) is 11.4. The summed E-state index contributed by atoms with van der Waals surface area (Å²) in [5.41, 5.74) is 6.47. The van der Waals surface area contributed by atoms with E-state index >= 15 is 0 Å². The lowest BCUT2D eigenvalue weighted by atomic mass is 9.97. The zero-order valence-electron chi connectivity index (χ0n) is 12.3. The first-order valence-electron chi connectivity index (χ1n) is 6.97. The lowest BCUT2D eigenvalue weighted by Crippen LogP contribution is -2.11. The van der Waals surface area contributed by atoms with Gasteiger partial charge in [0.2, 0.25) is 0 Å². The predicted octanol–water partition coefficient (Wildman–Crippen LogP) is 4.20. The molecule has 102 valence electrons. The van der Waals surface area contributed by atoms with Gasteiger partial charge in [-0.05, 0) is 38.2 Å². The molecule has 1 aromatic heterocycles. The monoisotopic (exact) mass is 264 g/mol. The second-order valence-electron chi connectivity index (χ2n) is 5.57. The average molecular weight is 264 g/mol. The maximum Gasteiger partial charge on any atom is 0.0462 e. The van der Waals surface area contributed by atoms with Crippen LogP contribution in [0.4, 0.5) is 0 Å². The molecule has 0 amide bonds. The van der Waals surface area contributed by atoms with Crippen molar-refractivity contribution in [3.05, 3.63) is 59.8 Å². The van der Waals surface area contributed by atoms with Crippen molar-refractivity contribution in [1.82, 2.24) is 9.88 Å². The van der Waals surface area contributed by atoms with Gasteiger partial charge in [-0.1, -0.05) is 42.5 Å². The number of benzene rings is 2. The molecule has 0 bridgehead atoms. The van der Waals surface area contributed by atoms with Crippen LogP contribution in [0, 0.1) is 6.92 Å². The van der Waals surface area contributed by atoms with Gasteiger partial charge in [0.1, 0.15) is 0 Å². The van der Waals surface area contributed by atoms with Crippen LogP contribution in [0.3, 0.4) is 0 Å². The summed E-state index contributed by atoms with van der Waals surface area (Å²) in [6, 6.07) is 17.2. The predicted molar refractivity (Wildman–Crippen MR) is 85.9 cm³/mol. The molecule has 0 radical (unpaired) electrons. The molecule has 3 rings (SSSR count). The highest BCUT2D eigenvalue weighted by Gasteiger charge is 2.13. The third-order valence-electron chi connectivity index (χ3n) is 3.67.